The molecular weight excluding hydrogens is 411 g/mol. The Hall–Kier alpha value is -2.49. The summed E-state index contributed by atoms with van der Waals surface area (Å²) in [5.74, 6) is -2.39. The van der Waals surface area contributed by atoms with Crippen molar-refractivity contribution >= 4 is 39.2 Å². The fourth-order valence-electron chi connectivity index (χ4n) is 2.11. The molecule has 2 aromatic carbocycles. The number of amides is 1. The second kappa shape index (κ2) is 8.68. The molecule has 28 heavy (non-hydrogen) atoms. The van der Waals surface area contributed by atoms with Crippen LogP contribution in [0.2, 0.25) is 5.02 Å². The van der Waals surface area contributed by atoms with E-state index in [1.165, 1.54) is 57.4 Å². The summed E-state index contributed by atoms with van der Waals surface area (Å²) in [6.45, 7) is 1.29. The first kappa shape index (κ1) is 21.8. The smallest absolute Gasteiger partial charge is 0.340 e. The highest BCUT2D eigenvalue weighted by molar-refractivity contribution is 7.89. The van der Waals surface area contributed by atoms with E-state index in [0.717, 1.165) is 10.4 Å². The molecule has 1 amide bonds. The van der Waals surface area contributed by atoms with Crippen LogP contribution in [0.25, 0.3) is 0 Å². The largest absolute Gasteiger partial charge is 0.449 e. The summed E-state index contributed by atoms with van der Waals surface area (Å²) in [4.78, 5) is 24.4. The minimum absolute atomic E-state index is 0.0376. The van der Waals surface area contributed by atoms with Crippen LogP contribution in [0.1, 0.15) is 17.3 Å². The molecule has 150 valence electrons. The van der Waals surface area contributed by atoms with E-state index in [2.05, 4.69) is 5.32 Å². The fourth-order valence-corrected chi connectivity index (χ4v) is 3.23. The lowest BCUT2D eigenvalue weighted by molar-refractivity contribution is -0.123. The average molecular weight is 429 g/mol. The summed E-state index contributed by atoms with van der Waals surface area (Å²) >= 11 is 5.97. The van der Waals surface area contributed by atoms with Crippen molar-refractivity contribution in [3.63, 3.8) is 0 Å². The maximum atomic E-state index is 13.6. The van der Waals surface area contributed by atoms with Crippen molar-refractivity contribution in [3.05, 3.63) is 58.9 Å². The predicted octanol–water partition coefficient (Wildman–Crippen LogP) is 2.91. The Labute approximate surface area is 167 Å². The molecule has 7 nitrogen and oxygen atoms in total. The van der Waals surface area contributed by atoms with E-state index in [4.69, 9.17) is 16.3 Å². The molecule has 0 aromatic heterocycles. The highest BCUT2D eigenvalue weighted by Gasteiger charge is 2.24. The number of hydrogen-bond acceptors (Lipinski definition) is 5. The number of esters is 1. The first-order valence-corrected chi connectivity index (χ1v) is 9.84. The van der Waals surface area contributed by atoms with Gasteiger partial charge in [-0.1, -0.05) is 23.7 Å². The number of sulfonamides is 1. The van der Waals surface area contributed by atoms with Crippen LogP contribution in [0.4, 0.5) is 10.1 Å². The average Bonchev–Trinajstić information content (AvgIpc) is 2.63. The van der Waals surface area contributed by atoms with E-state index >= 15 is 0 Å². The van der Waals surface area contributed by atoms with Gasteiger partial charge in [0.05, 0.1) is 21.2 Å². The summed E-state index contributed by atoms with van der Waals surface area (Å²) in [6.07, 6.45) is -1.28. The van der Waals surface area contributed by atoms with Crippen LogP contribution in [-0.2, 0) is 19.6 Å². The van der Waals surface area contributed by atoms with Crippen molar-refractivity contribution < 1.29 is 27.1 Å². The van der Waals surface area contributed by atoms with Gasteiger partial charge in [-0.15, -0.1) is 0 Å². The third kappa shape index (κ3) is 4.86. The van der Waals surface area contributed by atoms with Gasteiger partial charge in [0.1, 0.15) is 5.82 Å². The normalized spacial score (nSPS) is 12.5. The summed E-state index contributed by atoms with van der Waals surface area (Å²) < 4.78 is 44.1. The maximum absolute atomic E-state index is 13.6. The van der Waals surface area contributed by atoms with Crippen LogP contribution >= 0.6 is 11.6 Å². The molecular formula is C18H18ClFN2O5S. The Morgan fingerprint density at radius 1 is 1.18 bits per heavy atom. The molecule has 0 spiro atoms. The molecule has 1 atom stereocenters. The standard InChI is InChI=1S/C18H18ClFN2O5S/c1-11(17(23)21-16-7-5-4-6-15(16)20)27-18(24)13-10-12(8-9-14(13)19)28(25,26)22(2)3/h4-11H,1-3H3,(H,21,23). The molecule has 0 radical (unpaired) electrons. The van der Waals surface area contributed by atoms with Gasteiger partial charge < -0.3 is 10.1 Å². The molecule has 0 saturated heterocycles. The first-order chi connectivity index (χ1) is 13.0. The number of hydrogen-bond donors (Lipinski definition) is 1. The maximum Gasteiger partial charge on any atom is 0.340 e. The van der Waals surface area contributed by atoms with Crippen molar-refractivity contribution in [1.82, 2.24) is 4.31 Å². The zero-order chi connectivity index (χ0) is 21.1. The SMILES string of the molecule is CC(OC(=O)c1cc(S(=O)(=O)N(C)C)ccc1Cl)C(=O)Nc1ccccc1F. The van der Waals surface area contributed by atoms with Crippen LogP contribution in [0, 0.1) is 5.82 Å². The fraction of sp³-hybridized carbons (Fsp3) is 0.222. The van der Waals surface area contributed by atoms with Crippen molar-refractivity contribution in [2.24, 2.45) is 0 Å². The van der Waals surface area contributed by atoms with Crippen molar-refractivity contribution in [1.29, 1.82) is 0 Å². The van der Waals surface area contributed by atoms with E-state index in [1.54, 1.807) is 0 Å². The molecule has 0 aliphatic carbocycles. The van der Waals surface area contributed by atoms with Gasteiger partial charge in [-0.2, -0.15) is 0 Å². The number of nitrogens with zero attached hydrogens (tertiary/aromatic N) is 1. The lowest BCUT2D eigenvalue weighted by Crippen LogP contribution is -2.30. The van der Waals surface area contributed by atoms with Gasteiger partial charge >= 0.3 is 5.97 Å². The molecule has 2 rings (SSSR count). The number of carbonyl (C=O) groups excluding carboxylic acids is 2. The molecule has 0 aliphatic rings. The van der Waals surface area contributed by atoms with Gasteiger partial charge in [-0.05, 0) is 37.3 Å². The van der Waals surface area contributed by atoms with E-state index in [0.29, 0.717) is 0 Å². The molecule has 0 aliphatic heterocycles. The third-order valence-electron chi connectivity index (χ3n) is 3.72. The van der Waals surface area contributed by atoms with Crippen LogP contribution in [0.15, 0.2) is 47.4 Å². The minimum atomic E-state index is -3.79. The van der Waals surface area contributed by atoms with Crippen LogP contribution in [-0.4, -0.2) is 44.8 Å². The van der Waals surface area contributed by atoms with Crippen molar-refractivity contribution in [2.45, 2.75) is 17.9 Å². The molecule has 0 bridgehead atoms. The topological polar surface area (TPSA) is 92.8 Å². The van der Waals surface area contributed by atoms with Crippen LogP contribution < -0.4 is 5.32 Å². The minimum Gasteiger partial charge on any atom is -0.449 e. The molecule has 0 heterocycles. The van der Waals surface area contributed by atoms with Crippen molar-refractivity contribution in [3.8, 4) is 0 Å². The number of anilines is 1. The van der Waals surface area contributed by atoms with Gasteiger partial charge in [0, 0.05) is 14.1 Å². The van der Waals surface area contributed by atoms with Gasteiger partial charge in [-0.25, -0.2) is 21.9 Å². The van der Waals surface area contributed by atoms with E-state index in [9.17, 15) is 22.4 Å². The highest BCUT2D eigenvalue weighted by Crippen LogP contribution is 2.23. The van der Waals surface area contributed by atoms with Gasteiger partial charge in [0.15, 0.2) is 6.10 Å². The number of para-hydroxylation sites is 1. The Morgan fingerprint density at radius 2 is 1.82 bits per heavy atom. The molecule has 1 unspecified atom stereocenters. The first-order valence-electron chi connectivity index (χ1n) is 8.02. The number of nitrogens with one attached hydrogen (secondary N) is 1. The summed E-state index contributed by atoms with van der Waals surface area (Å²) in [6, 6.07) is 9.09. The molecule has 2 aromatic rings. The monoisotopic (exact) mass is 428 g/mol. The molecule has 10 heteroatoms. The lowest BCUT2D eigenvalue weighted by atomic mass is 10.2. The second-order valence-corrected chi connectivity index (χ2v) is 8.50. The molecule has 1 N–H and O–H groups in total. The van der Waals surface area contributed by atoms with E-state index in [-0.39, 0.29) is 21.2 Å². The summed E-state index contributed by atoms with van der Waals surface area (Å²) in [5, 5.41) is 2.27. The van der Waals surface area contributed by atoms with Gasteiger partial charge in [-0.3, -0.25) is 4.79 Å². The number of ether oxygens (including phenoxy) is 1. The Kier molecular flexibility index (Phi) is 6.76. The van der Waals surface area contributed by atoms with Crippen molar-refractivity contribution in [2.75, 3.05) is 19.4 Å². The van der Waals surface area contributed by atoms with Crippen LogP contribution in [0.5, 0.6) is 0 Å². The summed E-state index contributed by atoms with van der Waals surface area (Å²) in [5.41, 5.74) is -0.275. The zero-order valence-electron chi connectivity index (χ0n) is 15.3. The Morgan fingerprint density at radius 3 is 2.43 bits per heavy atom. The Balaban J connectivity index is 2.18. The highest BCUT2D eigenvalue weighted by atomic mass is 35.5. The number of halogens is 2. The van der Waals surface area contributed by atoms with E-state index in [1.807, 2.05) is 0 Å². The molecule has 0 saturated carbocycles. The third-order valence-corrected chi connectivity index (χ3v) is 5.86. The Bertz CT molecular complexity index is 1010. The summed E-state index contributed by atoms with van der Waals surface area (Å²) in [7, 11) is -1.11. The van der Waals surface area contributed by atoms with Crippen LogP contribution in [0.3, 0.4) is 0 Å². The van der Waals surface area contributed by atoms with Gasteiger partial charge in [0.25, 0.3) is 5.91 Å². The zero-order valence-corrected chi connectivity index (χ0v) is 16.8. The number of rotatable bonds is 6. The predicted molar refractivity (Wildman–Crippen MR) is 102 cm³/mol. The lowest BCUT2D eigenvalue weighted by Gasteiger charge is -2.16. The quantitative estimate of drug-likeness (QED) is 0.714. The van der Waals surface area contributed by atoms with Gasteiger partial charge in [0.2, 0.25) is 10.0 Å². The number of benzene rings is 2. The number of carbonyl (C=O) groups is 2. The second-order valence-electron chi connectivity index (χ2n) is 5.95. The molecule has 0 fully saturated rings. The van der Waals surface area contributed by atoms with E-state index < -0.39 is 33.8 Å².